The number of allylic oxidation sites excluding steroid dienone is 1. The number of aliphatic hydroxyl groups excluding tert-OH is 1. The molecule has 0 aromatic heterocycles. The number of nitrogens with zero attached hydrogens (tertiary/aromatic N) is 1. The molecule has 0 bridgehead atoms. The van der Waals surface area contributed by atoms with Gasteiger partial charge in [-0.1, -0.05) is 24.6 Å². The van der Waals surface area contributed by atoms with Gasteiger partial charge in [-0.3, -0.25) is 9.59 Å². The van der Waals surface area contributed by atoms with Gasteiger partial charge in [-0.25, -0.2) is 0 Å². The van der Waals surface area contributed by atoms with Gasteiger partial charge in [-0.05, 0) is 67.8 Å². The predicted octanol–water partition coefficient (Wildman–Crippen LogP) is 2.97. The molecule has 0 amide bonds. The van der Waals surface area contributed by atoms with Crippen LogP contribution in [0.3, 0.4) is 0 Å². The number of hydrogen-bond donors (Lipinski definition) is 2. The van der Waals surface area contributed by atoms with E-state index in [-0.39, 0.29) is 41.3 Å². The Morgan fingerprint density at radius 2 is 1.94 bits per heavy atom. The molecule has 5 aliphatic rings. The number of Topliss-reactive ketones (excluding diaryl/α,β-unsaturated/α-hetero) is 1. The minimum absolute atomic E-state index is 0.0669. The fourth-order valence-electron chi connectivity index (χ4n) is 8.15. The molecule has 33 heavy (non-hydrogen) atoms. The molecule has 0 aromatic carbocycles. The van der Waals surface area contributed by atoms with E-state index in [2.05, 4.69) is 12.1 Å². The zero-order chi connectivity index (χ0) is 23.4. The summed E-state index contributed by atoms with van der Waals surface area (Å²) < 4.78 is 5.31. The fraction of sp³-hybridized carbons (Fsp3) is 0.808. The third-order valence-electron chi connectivity index (χ3n) is 9.97. The number of ketones is 2. The first-order valence-electron chi connectivity index (χ1n) is 12.6. The third kappa shape index (κ3) is 3.53. The molecule has 7 nitrogen and oxygen atoms in total. The average Bonchev–Trinajstić information content (AvgIpc) is 3.06. The van der Waals surface area contributed by atoms with Crippen LogP contribution in [0.2, 0.25) is 0 Å². The molecule has 0 aromatic rings. The van der Waals surface area contributed by atoms with E-state index >= 15 is 0 Å². The van der Waals surface area contributed by atoms with E-state index < -0.39 is 17.1 Å². The van der Waals surface area contributed by atoms with Gasteiger partial charge >= 0.3 is 0 Å². The number of carbonyl (C=O) groups is 2. The maximum atomic E-state index is 13.3. The number of fused-ring (bicyclic) bond motifs is 5. The molecule has 5 rings (SSSR count). The van der Waals surface area contributed by atoms with Crippen molar-refractivity contribution in [3.05, 3.63) is 11.6 Å². The van der Waals surface area contributed by atoms with Crippen LogP contribution in [0.15, 0.2) is 16.8 Å². The van der Waals surface area contributed by atoms with Crippen LogP contribution in [0.25, 0.3) is 0 Å². The number of carbonyl (C=O) groups excluding carboxylic acids is 2. The average molecular weight is 460 g/mol. The van der Waals surface area contributed by atoms with Crippen molar-refractivity contribution < 1.29 is 29.4 Å². The third-order valence-corrected chi connectivity index (χ3v) is 9.97. The molecule has 1 saturated heterocycles. The second kappa shape index (κ2) is 8.28. The standard InChI is InChI=1S/C26H37NO6/c1-24-9-5-18(28)13-16(24)3-4-19-20-6-10-26(31,25(20,2)14-21(29)23(19)24)22(30)15-33-27-17-7-11-32-12-8-17/h13,19-21,23,29,31H,3-12,14-15H2,1-2H3/t19?,20?,21-,23?,24?,25?,26-/m0/s1. The van der Waals surface area contributed by atoms with Gasteiger partial charge < -0.3 is 19.8 Å². The van der Waals surface area contributed by atoms with Crippen LogP contribution in [0.4, 0.5) is 0 Å². The highest BCUT2D eigenvalue weighted by atomic mass is 16.6. The molecule has 0 radical (unpaired) electrons. The normalized spacial score (nSPS) is 44.9. The maximum Gasteiger partial charge on any atom is 0.204 e. The smallest absolute Gasteiger partial charge is 0.204 e. The van der Waals surface area contributed by atoms with E-state index in [1.54, 1.807) is 0 Å². The van der Waals surface area contributed by atoms with Crippen molar-refractivity contribution in [2.75, 3.05) is 19.8 Å². The molecule has 1 aliphatic heterocycles. The summed E-state index contributed by atoms with van der Waals surface area (Å²) in [7, 11) is 0. The summed E-state index contributed by atoms with van der Waals surface area (Å²) >= 11 is 0. The SMILES string of the molecule is CC12CCC(=O)C=C1CCC1C2[C@@H](O)CC2(C)C1CC[C@]2(O)C(=O)CON=C1CCOCC1. The van der Waals surface area contributed by atoms with Crippen molar-refractivity contribution in [1.29, 1.82) is 0 Å². The summed E-state index contributed by atoms with van der Waals surface area (Å²) in [6.45, 7) is 5.18. The molecule has 0 spiro atoms. The topological polar surface area (TPSA) is 105 Å². The Balaban J connectivity index is 1.35. The lowest BCUT2D eigenvalue weighted by atomic mass is 9.45. The van der Waals surface area contributed by atoms with Gasteiger partial charge in [0, 0.05) is 24.7 Å². The van der Waals surface area contributed by atoms with E-state index in [1.807, 2.05) is 13.0 Å². The van der Waals surface area contributed by atoms with Gasteiger partial charge in [0.25, 0.3) is 0 Å². The lowest BCUT2D eigenvalue weighted by Crippen LogP contribution is -2.62. The number of aliphatic hydroxyl groups is 2. The Labute approximate surface area is 195 Å². The zero-order valence-corrected chi connectivity index (χ0v) is 19.8. The highest BCUT2D eigenvalue weighted by Gasteiger charge is 2.68. The Kier molecular flexibility index (Phi) is 5.82. The molecular weight excluding hydrogens is 422 g/mol. The van der Waals surface area contributed by atoms with E-state index in [9.17, 15) is 19.8 Å². The van der Waals surface area contributed by atoms with Gasteiger partial charge in [0.05, 0.1) is 25.0 Å². The minimum Gasteiger partial charge on any atom is -0.393 e. The number of oxime groups is 1. The summed E-state index contributed by atoms with van der Waals surface area (Å²) in [5, 5.41) is 27.3. The monoisotopic (exact) mass is 459 g/mol. The van der Waals surface area contributed by atoms with E-state index in [1.165, 1.54) is 5.57 Å². The predicted molar refractivity (Wildman–Crippen MR) is 121 cm³/mol. The van der Waals surface area contributed by atoms with Crippen molar-refractivity contribution >= 4 is 17.3 Å². The van der Waals surface area contributed by atoms with Crippen LogP contribution >= 0.6 is 0 Å². The summed E-state index contributed by atoms with van der Waals surface area (Å²) in [4.78, 5) is 30.7. The van der Waals surface area contributed by atoms with Gasteiger partial charge in [0.15, 0.2) is 12.4 Å². The Morgan fingerprint density at radius 1 is 1.18 bits per heavy atom. The summed E-state index contributed by atoms with van der Waals surface area (Å²) in [6.07, 6.45) is 7.25. The molecule has 5 unspecified atom stereocenters. The first-order chi connectivity index (χ1) is 15.7. The van der Waals surface area contributed by atoms with Crippen molar-refractivity contribution in [1.82, 2.24) is 0 Å². The largest absolute Gasteiger partial charge is 0.393 e. The highest BCUT2D eigenvalue weighted by Crippen LogP contribution is 2.67. The summed E-state index contributed by atoms with van der Waals surface area (Å²) in [5.41, 5.74) is -0.308. The molecule has 7 heteroatoms. The first kappa shape index (κ1) is 23.2. The highest BCUT2D eigenvalue weighted by molar-refractivity contribution is 5.92. The van der Waals surface area contributed by atoms with Gasteiger partial charge in [0.1, 0.15) is 5.60 Å². The molecule has 4 aliphatic carbocycles. The van der Waals surface area contributed by atoms with Crippen LogP contribution in [-0.4, -0.2) is 59.0 Å². The number of hydrogen-bond acceptors (Lipinski definition) is 7. The first-order valence-corrected chi connectivity index (χ1v) is 12.6. The molecule has 1 heterocycles. The number of rotatable bonds is 4. The van der Waals surface area contributed by atoms with Gasteiger partial charge in [-0.15, -0.1) is 0 Å². The van der Waals surface area contributed by atoms with Crippen molar-refractivity contribution in [3.63, 3.8) is 0 Å². The van der Waals surface area contributed by atoms with Crippen molar-refractivity contribution in [2.24, 2.45) is 33.7 Å². The van der Waals surface area contributed by atoms with Gasteiger partial charge in [-0.2, -0.15) is 0 Å². The minimum atomic E-state index is -1.51. The van der Waals surface area contributed by atoms with Crippen molar-refractivity contribution in [2.45, 2.75) is 83.3 Å². The van der Waals surface area contributed by atoms with Crippen LogP contribution in [0, 0.1) is 28.6 Å². The number of ether oxygens (including phenoxy) is 1. The molecule has 4 fully saturated rings. The van der Waals surface area contributed by atoms with E-state index in [0.717, 1.165) is 31.4 Å². The van der Waals surface area contributed by atoms with Crippen LogP contribution in [0.1, 0.15) is 71.6 Å². The maximum absolute atomic E-state index is 13.3. The van der Waals surface area contributed by atoms with Gasteiger partial charge in [0.2, 0.25) is 5.78 Å². The Bertz CT molecular complexity index is 889. The van der Waals surface area contributed by atoms with Crippen LogP contribution < -0.4 is 0 Å². The Hall–Kier alpha value is -1.57. The van der Waals surface area contributed by atoms with Crippen LogP contribution in [-0.2, 0) is 19.2 Å². The Morgan fingerprint density at radius 3 is 2.70 bits per heavy atom. The lowest BCUT2D eigenvalue weighted by Gasteiger charge is -2.60. The molecule has 182 valence electrons. The zero-order valence-electron chi connectivity index (χ0n) is 19.8. The second-order valence-electron chi connectivity index (χ2n) is 11.4. The van der Waals surface area contributed by atoms with E-state index in [0.29, 0.717) is 45.3 Å². The van der Waals surface area contributed by atoms with Crippen LogP contribution in [0.5, 0.6) is 0 Å². The van der Waals surface area contributed by atoms with E-state index in [4.69, 9.17) is 9.57 Å². The molecule has 2 N–H and O–H groups in total. The molecular formula is C26H37NO6. The molecule has 3 saturated carbocycles. The fourth-order valence-corrected chi connectivity index (χ4v) is 8.15. The molecule has 7 atom stereocenters. The quantitative estimate of drug-likeness (QED) is 0.626. The summed E-state index contributed by atoms with van der Waals surface area (Å²) in [6, 6.07) is 0. The lowest BCUT2D eigenvalue weighted by molar-refractivity contribution is -0.183. The van der Waals surface area contributed by atoms with Crippen molar-refractivity contribution in [3.8, 4) is 0 Å². The summed E-state index contributed by atoms with van der Waals surface area (Å²) in [5.74, 6) is 0.330. The second-order valence-corrected chi connectivity index (χ2v) is 11.4.